The lowest BCUT2D eigenvalue weighted by Crippen LogP contribution is -2.43. The lowest BCUT2D eigenvalue weighted by Gasteiger charge is -2.29. The van der Waals surface area contributed by atoms with E-state index >= 15 is 0 Å². The lowest BCUT2D eigenvalue weighted by atomic mass is 10.1. The highest BCUT2D eigenvalue weighted by Crippen LogP contribution is 2.23. The number of halogens is 1. The maximum Gasteiger partial charge on any atom is 0.263 e. The van der Waals surface area contributed by atoms with Crippen LogP contribution >= 0.6 is 11.6 Å². The third-order valence-corrected chi connectivity index (χ3v) is 6.06. The molecule has 2 fully saturated rings. The molecule has 2 heterocycles. The van der Waals surface area contributed by atoms with Crippen LogP contribution in [0.25, 0.3) is 0 Å². The average molecular weight is 422 g/mol. The van der Waals surface area contributed by atoms with Gasteiger partial charge in [0.1, 0.15) is 5.75 Å². The number of rotatable bonds is 6. The number of hydrogen-bond donors (Lipinski definition) is 0. The Bertz CT molecular complexity index is 721. The van der Waals surface area contributed by atoms with Crippen LogP contribution in [0.1, 0.15) is 38.2 Å². The van der Waals surface area contributed by atoms with E-state index in [0.717, 1.165) is 31.7 Å². The van der Waals surface area contributed by atoms with Gasteiger partial charge in [-0.15, -0.1) is 0 Å². The molecule has 2 saturated heterocycles. The van der Waals surface area contributed by atoms with Crippen molar-refractivity contribution in [3.8, 4) is 5.75 Å². The maximum absolute atomic E-state index is 12.9. The first-order chi connectivity index (χ1) is 13.9. The van der Waals surface area contributed by atoms with Crippen molar-refractivity contribution in [2.75, 3.05) is 45.8 Å². The van der Waals surface area contributed by atoms with Crippen LogP contribution in [0.15, 0.2) is 18.2 Å². The molecule has 3 rings (SSSR count). The Balaban J connectivity index is 1.51. The monoisotopic (exact) mass is 421 g/mol. The lowest BCUT2D eigenvalue weighted by molar-refractivity contribution is -0.137. The Morgan fingerprint density at radius 2 is 1.86 bits per heavy atom. The van der Waals surface area contributed by atoms with Crippen LogP contribution in [0.5, 0.6) is 5.75 Å². The number of aryl methyl sites for hydroxylation is 1. The van der Waals surface area contributed by atoms with Gasteiger partial charge in [0.25, 0.3) is 5.91 Å². The Morgan fingerprint density at radius 1 is 1.10 bits per heavy atom. The summed E-state index contributed by atoms with van der Waals surface area (Å²) in [6.07, 6.45) is 3.58. The highest BCUT2D eigenvalue weighted by Gasteiger charge is 2.28. The van der Waals surface area contributed by atoms with E-state index in [9.17, 15) is 9.59 Å². The second kappa shape index (κ2) is 10.3. The molecule has 0 saturated carbocycles. The summed E-state index contributed by atoms with van der Waals surface area (Å²) in [5, 5.41) is 0.643. The Hall–Kier alpha value is -1.79. The molecule has 1 aromatic rings. The zero-order chi connectivity index (χ0) is 20.8. The number of amides is 2. The topological polar surface area (TPSA) is 53.1 Å². The van der Waals surface area contributed by atoms with E-state index in [0.29, 0.717) is 36.8 Å². The van der Waals surface area contributed by atoms with E-state index in [1.165, 1.54) is 19.3 Å². The normalized spacial score (nSPS) is 19.8. The van der Waals surface area contributed by atoms with Gasteiger partial charge >= 0.3 is 0 Å². The van der Waals surface area contributed by atoms with Gasteiger partial charge in [0.2, 0.25) is 5.91 Å². The summed E-state index contributed by atoms with van der Waals surface area (Å²) in [6.45, 7) is 9.19. The summed E-state index contributed by atoms with van der Waals surface area (Å²) in [4.78, 5) is 31.5. The van der Waals surface area contributed by atoms with Gasteiger partial charge in [-0.1, -0.05) is 18.0 Å². The molecule has 6 nitrogen and oxygen atoms in total. The van der Waals surface area contributed by atoms with Gasteiger partial charge in [-0.25, -0.2) is 0 Å². The second-order valence-corrected chi connectivity index (χ2v) is 8.46. The molecule has 0 unspecified atom stereocenters. The number of piperidine rings is 1. The number of nitrogens with zero attached hydrogens (tertiary/aromatic N) is 3. The van der Waals surface area contributed by atoms with E-state index in [2.05, 4.69) is 4.90 Å². The quantitative estimate of drug-likeness (QED) is 0.708. The SMILES string of the molecule is Cc1cc(Cl)ccc1O[C@H](C)C(=O)N1CCC(=O)N(CCN2CCCCC2)CC1. The molecule has 0 N–H and O–H groups in total. The molecule has 1 aromatic carbocycles. The van der Waals surface area contributed by atoms with E-state index in [4.69, 9.17) is 16.3 Å². The van der Waals surface area contributed by atoms with Crippen molar-refractivity contribution in [2.24, 2.45) is 0 Å². The van der Waals surface area contributed by atoms with Crippen molar-refractivity contribution in [1.29, 1.82) is 0 Å². The van der Waals surface area contributed by atoms with Crippen molar-refractivity contribution in [3.05, 3.63) is 28.8 Å². The summed E-state index contributed by atoms with van der Waals surface area (Å²) in [6, 6.07) is 5.36. The summed E-state index contributed by atoms with van der Waals surface area (Å²) >= 11 is 5.99. The van der Waals surface area contributed by atoms with Crippen molar-refractivity contribution >= 4 is 23.4 Å². The van der Waals surface area contributed by atoms with Gasteiger partial charge in [-0.3, -0.25) is 9.59 Å². The van der Waals surface area contributed by atoms with Gasteiger partial charge in [-0.2, -0.15) is 0 Å². The predicted octanol–water partition coefficient (Wildman–Crippen LogP) is 2.96. The Kier molecular flexibility index (Phi) is 7.78. The predicted molar refractivity (Wildman–Crippen MR) is 114 cm³/mol. The van der Waals surface area contributed by atoms with Crippen LogP contribution < -0.4 is 4.74 Å². The molecule has 2 aliphatic heterocycles. The number of ether oxygens (including phenoxy) is 1. The molecule has 2 amide bonds. The largest absolute Gasteiger partial charge is 0.481 e. The minimum Gasteiger partial charge on any atom is -0.481 e. The molecular weight excluding hydrogens is 390 g/mol. The molecule has 0 spiro atoms. The first-order valence-corrected chi connectivity index (χ1v) is 11.0. The number of likely N-dealkylation sites (tertiary alicyclic amines) is 1. The summed E-state index contributed by atoms with van der Waals surface area (Å²) in [5.74, 6) is 0.716. The molecule has 29 heavy (non-hydrogen) atoms. The smallest absolute Gasteiger partial charge is 0.263 e. The fourth-order valence-corrected chi connectivity index (χ4v) is 4.24. The van der Waals surface area contributed by atoms with Crippen molar-refractivity contribution in [3.63, 3.8) is 0 Å². The van der Waals surface area contributed by atoms with E-state index in [1.54, 1.807) is 24.0 Å². The summed E-state index contributed by atoms with van der Waals surface area (Å²) in [5.41, 5.74) is 0.895. The highest BCUT2D eigenvalue weighted by molar-refractivity contribution is 6.30. The Labute approximate surface area is 178 Å². The zero-order valence-corrected chi connectivity index (χ0v) is 18.3. The molecule has 2 aliphatic rings. The van der Waals surface area contributed by atoms with Crippen LogP contribution in [-0.4, -0.2) is 78.4 Å². The Morgan fingerprint density at radius 3 is 2.59 bits per heavy atom. The highest BCUT2D eigenvalue weighted by atomic mass is 35.5. The maximum atomic E-state index is 12.9. The molecule has 1 atom stereocenters. The first-order valence-electron chi connectivity index (χ1n) is 10.7. The summed E-state index contributed by atoms with van der Waals surface area (Å²) < 4.78 is 5.88. The molecule has 0 bridgehead atoms. The molecule has 160 valence electrons. The zero-order valence-electron chi connectivity index (χ0n) is 17.5. The molecule has 0 radical (unpaired) electrons. The molecule has 0 aliphatic carbocycles. The van der Waals surface area contributed by atoms with Crippen molar-refractivity contribution < 1.29 is 14.3 Å². The molecule has 0 aromatic heterocycles. The minimum absolute atomic E-state index is 0.0787. The van der Waals surface area contributed by atoms with Gasteiger partial charge in [0, 0.05) is 44.2 Å². The standard InChI is InChI=1S/C22H32ClN3O3/c1-17-16-19(23)6-7-20(17)29-18(2)22(28)26-11-8-21(27)25(14-15-26)13-12-24-9-4-3-5-10-24/h6-7,16,18H,3-5,8-15H2,1-2H3/t18-/m1/s1. The van der Waals surface area contributed by atoms with Crippen LogP contribution in [0.3, 0.4) is 0 Å². The fourth-order valence-electron chi connectivity index (χ4n) is 4.01. The van der Waals surface area contributed by atoms with Crippen LogP contribution in [0, 0.1) is 6.92 Å². The third kappa shape index (κ3) is 6.09. The van der Waals surface area contributed by atoms with Crippen molar-refractivity contribution in [1.82, 2.24) is 14.7 Å². The van der Waals surface area contributed by atoms with Gasteiger partial charge in [-0.05, 0) is 63.5 Å². The minimum atomic E-state index is -0.607. The molecule has 7 heteroatoms. The van der Waals surface area contributed by atoms with Gasteiger partial charge < -0.3 is 19.4 Å². The molecular formula is C22H32ClN3O3. The number of benzene rings is 1. The van der Waals surface area contributed by atoms with Crippen LogP contribution in [0.2, 0.25) is 5.02 Å². The van der Waals surface area contributed by atoms with Gasteiger partial charge in [0.05, 0.1) is 0 Å². The number of carbonyl (C=O) groups excluding carboxylic acids is 2. The van der Waals surface area contributed by atoms with E-state index in [-0.39, 0.29) is 11.8 Å². The number of carbonyl (C=O) groups is 2. The van der Waals surface area contributed by atoms with Gasteiger partial charge in [0.15, 0.2) is 6.10 Å². The van der Waals surface area contributed by atoms with Crippen LogP contribution in [-0.2, 0) is 9.59 Å². The number of hydrogen-bond acceptors (Lipinski definition) is 4. The average Bonchev–Trinajstić information content (AvgIpc) is 2.90. The first kappa shape index (κ1) is 21.9. The summed E-state index contributed by atoms with van der Waals surface area (Å²) in [7, 11) is 0. The second-order valence-electron chi connectivity index (χ2n) is 8.03. The third-order valence-electron chi connectivity index (χ3n) is 5.82. The van der Waals surface area contributed by atoms with Crippen molar-refractivity contribution in [2.45, 2.75) is 45.6 Å². The van der Waals surface area contributed by atoms with E-state index < -0.39 is 6.10 Å². The van der Waals surface area contributed by atoms with E-state index in [1.807, 2.05) is 17.9 Å². The van der Waals surface area contributed by atoms with Crippen LogP contribution in [0.4, 0.5) is 0 Å². The fraction of sp³-hybridized carbons (Fsp3) is 0.636.